The summed E-state index contributed by atoms with van der Waals surface area (Å²) in [7, 11) is -3.63. The van der Waals surface area contributed by atoms with Crippen LogP contribution in [0.2, 0.25) is 0 Å². The molecule has 1 rings (SSSR count). The van der Waals surface area contributed by atoms with E-state index in [0.29, 0.717) is 12.1 Å². The number of carbonyl (C=O) groups is 1. The second-order valence-electron chi connectivity index (χ2n) is 11.1. The summed E-state index contributed by atoms with van der Waals surface area (Å²) in [4.78, 5) is 12.5. The first-order valence-electron chi connectivity index (χ1n) is 16.1. The molecule has 1 amide bonds. The predicted octanol–water partition coefficient (Wildman–Crippen LogP) is 9.81. The molecule has 0 aliphatic rings. The summed E-state index contributed by atoms with van der Waals surface area (Å²) >= 11 is 0. The van der Waals surface area contributed by atoms with Crippen molar-refractivity contribution < 1.29 is 13.2 Å². The summed E-state index contributed by atoms with van der Waals surface area (Å²) in [5.41, 5.74) is 0.612. The highest BCUT2D eigenvalue weighted by Crippen LogP contribution is 2.19. The van der Waals surface area contributed by atoms with Crippen LogP contribution in [0.25, 0.3) is 0 Å². The zero-order valence-electron chi connectivity index (χ0n) is 25.5. The topological polar surface area (TPSA) is 66.5 Å². The monoisotopic (exact) mass is 574 g/mol. The van der Waals surface area contributed by atoms with E-state index in [1.165, 1.54) is 126 Å². The van der Waals surface area contributed by atoms with E-state index >= 15 is 0 Å². The molecule has 0 aliphatic carbocycles. The number of sulfonamides is 1. The largest absolute Gasteiger partial charge is 0.326 e. The molecule has 5 nitrogen and oxygen atoms in total. The van der Waals surface area contributed by atoms with Gasteiger partial charge in [0.15, 0.2) is 0 Å². The van der Waals surface area contributed by atoms with Crippen LogP contribution in [0.4, 0.5) is 5.69 Å². The lowest BCUT2D eigenvalue weighted by molar-refractivity contribution is -0.116. The van der Waals surface area contributed by atoms with Gasteiger partial charge in [-0.05, 0) is 30.7 Å². The number of anilines is 1. The molecule has 0 unspecified atom stereocenters. The van der Waals surface area contributed by atoms with Crippen LogP contribution in [0, 0.1) is 0 Å². The van der Waals surface area contributed by atoms with Crippen molar-refractivity contribution in [2.75, 3.05) is 18.4 Å². The Morgan fingerprint density at radius 1 is 0.675 bits per heavy atom. The van der Waals surface area contributed by atoms with Gasteiger partial charge in [0, 0.05) is 25.2 Å². The van der Waals surface area contributed by atoms with Crippen molar-refractivity contribution in [3.63, 3.8) is 0 Å². The number of hydrogen-bond acceptors (Lipinski definition) is 3. The highest BCUT2D eigenvalue weighted by Gasteiger charge is 2.22. The quantitative estimate of drug-likeness (QED) is 0.0840. The van der Waals surface area contributed by atoms with Crippen molar-refractivity contribution in [1.82, 2.24) is 4.31 Å². The van der Waals surface area contributed by atoms with Crippen LogP contribution in [0.1, 0.15) is 135 Å². The van der Waals surface area contributed by atoms with Crippen LogP contribution in [0.5, 0.6) is 0 Å². The van der Waals surface area contributed by atoms with E-state index in [0.717, 1.165) is 12.8 Å². The molecule has 0 spiro atoms. The molecule has 0 heterocycles. The molecule has 0 saturated carbocycles. The minimum atomic E-state index is -3.63. The third-order valence-electron chi connectivity index (χ3n) is 7.45. The maximum Gasteiger partial charge on any atom is 0.243 e. The molecule has 0 radical (unpaired) electrons. The normalized spacial score (nSPS) is 11.6. The van der Waals surface area contributed by atoms with Gasteiger partial charge in [-0.1, -0.05) is 135 Å². The summed E-state index contributed by atoms with van der Waals surface area (Å²) in [5, 5.41) is 2.88. The Morgan fingerprint density at radius 3 is 1.43 bits per heavy atom. The highest BCUT2D eigenvalue weighted by molar-refractivity contribution is 7.89. The van der Waals surface area contributed by atoms with Crippen LogP contribution in [-0.4, -0.2) is 31.7 Å². The van der Waals surface area contributed by atoms with Crippen molar-refractivity contribution in [3.8, 4) is 0 Å². The zero-order chi connectivity index (χ0) is 29.3. The van der Waals surface area contributed by atoms with E-state index in [9.17, 15) is 13.2 Å². The first kappa shape index (κ1) is 36.1. The second kappa shape index (κ2) is 23.8. The number of carbonyl (C=O) groups excluding carboxylic acids is 1. The van der Waals surface area contributed by atoms with Gasteiger partial charge in [0.1, 0.15) is 0 Å². The Morgan fingerprint density at radius 2 is 1.05 bits per heavy atom. The number of nitrogens with zero attached hydrogens (tertiary/aromatic N) is 1. The number of amides is 1. The van der Waals surface area contributed by atoms with Gasteiger partial charge >= 0.3 is 0 Å². The van der Waals surface area contributed by atoms with E-state index in [-0.39, 0.29) is 23.9 Å². The number of nitrogens with one attached hydrogen (secondary N) is 1. The molecule has 1 aromatic rings. The van der Waals surface area contributed by atoms with Gasteiger partial charge in [-0.3, -0.25) is 4.79 Å². The van der Waals surface area contributed by atoms with Crippen molar-refractivity contribution in [2.45, 2.75) is 140 Å². The van der Waals surface area contributed by atoms with Crippen molar-refractivity contribution >= 4 is 21.6 Å². The van der Waals surface area contributed by atoms with Crippen LogP contribution in [0.3, 0.4) is 0 Å². The van der Waals surface area contributed by atoms with Crippen molar-refractivity contribution in [2.24, 2.45) is 0 Å². The summed E-state index contributed by atoms with van der Waals surface area (Å²) in [6.07, 6.45) is 28.9. The fourth-order valence-electron chi connectivity index (χ4n) is 5.01. The number of hydrogen-bond donors (Lipinski definition) is 1. The van der Waals surface area contributed by atoms with Gasteiger partial charge in [-0.2, -0.15) is 4.31 Å². The Bertz CT molecular complexity index is 886. The SMILES string of the molecule is C=CCN(CC=C)S(=O)(=O)c1ccc(NC(=O)CCCCCCCCCCCCCCCCCCCCC)cc1. The number of unbranched alkanes of at least 4 members (excludes halogenated alkanes) is 18. The highest BCUT2D eigenvalue weighted by atomic mass is 32.2. The van der Waals surface area contributed by atoms with Crippen LogP contribution >= 0.6 is 0 Å². The lowest BCUT2D eigenvalue weighted by atomic mass is 10.0. The van der Waals surface area contributed by atoms with E-state index < -0.39 is 10.0 Å². The minimum absolute atomic E-state index is 0.0254. The van der Waals surface area contributed by atoms with Gasteiger partial charge < -0.3 is 5.32 Å². The third-order valence-corrected chi connectivity index (χ3v) is 9.29. The summed E-state index contributed by atoms with van der Waals surface area (Å²) in [6, 6.07) is 6.34. The Labute approximate surface area is 247 Å². The third kappa shape index (κ3) is 17.0. The van der Waals surface area contributed by atoms with Gasteiger partial charge in [-0.25, -0.2) is 8.42 Å². The minimum Gasteiger partial charge on any atom is -0.326 e. The molecular weight excluding hydrogens is 516 g/mol. The Hall–Kier alpha value is -1.92. The van der Waals surface area contributed by atoms with Crippen molar-refractivity contribution in [1.29, 1.82) is 0 Å². The lowest BCUT2D eigenvalue weighted by Crippen LogP contribution is -2.31. The average molecular weight is 575 g/mol. The Balaban J connectivity index is 2.03. The van der Waals surface area contributed by atoms with E-state index in [1.807, 2.05) is 0 Å². The van der Waals surface area contributed by atoms with E-state index in [2.05, 4.69) is 25.4 Å². The first-order chi connectivity index (χ1) is 19.5. The molecule has 1 aromatic carbocycles. The zero-order valence-corrected chi connectivity index (χ0v) is 26.3. The maximum absolute atomic E-state index is 12.8. The standard InChI is InChI=1S/C34H58N2O3S/c1-4-7-8-9-10-11-12-13-14-15-16-17-18-19-20-21-22-23-24-25-34(37)35-32-26-28-33(29-27-32)40(38,39)36(30-5-2)31-6-3/h5-6,26-29H,2-4,7-25,30-31H2,1H3,(H,35,37). The number of rotatable bonds is 27. The molecule has 0 saturated heterocycles. The number of benzene rings is 1. The molecule has 0 fully saturated rings. The van der Waals surface area contributed by atoms with Crippen LogP contribution < -0.4 is 5.32 Å². The molecule has 1 N–H and O–H groups in total. The molecule has 0 bridgehead atoms. The maximum atomic E-state index is 12.8. The molecular formula is C34H58N2O3S. The average Bonchev–Trinajstić information content (AvgIpc) is 2.94. The molecule has 228 valence electrons. The van der Waals surface area contributed by atoms with E-state index in [1.54, 1.807) is 24.3 Å². The first-order valence-corrected chi connectivity index (χ1v) is 17.5. The van der Waals surface area contributed by atoms with E-state index in [4.69, 9.17) is 0 Å². The smallest absolute Gasteiger partial charge is 0.243 e. The van der Waals surface area contributed by atoms with Gasteiger partial charge in [0.05, 0.1) is 4.90 Å². The fraction of sp³-hybridized carbons (Fsp3) is 0.676. The summed E-state index contributed by atoms with van der Waals surface area (Å²) in [5.74, 6) is -0.0254. The molecule has 0 aliphatic heterocycles. The van der Waals surface area contributed by atoms with Crippen LogP contribution in [-0.2, 0) is 14.8 Å². The summed E-state index contributed by atoms with van der Waals surface area (Å²) < 4.78 is 26.9. The molecule has 6 heteroatoms. The van der Waals surface area contributed by atoms with Crippen molar-refractivity contribution in [3.05, 3.63) is 49.6 Å². The van der Waals surface area contributed by atoms with Gasteiger partial charge in [0.25, 0.3) is 0 Å². The second-order valence-corrected chi connectivity index (χ2v) is 13.0. The predicted molar refractivity (Wildman–Crippen MR) is 172 cm³/mol. The molecule has 0 aromatic heterocycles. The van der Waals surface area contributed by atoms with Gasteiger partial charge in [-0.15, -0.1) is 13.2 Å². The fourth-order valence-corrected chi connectivity index (χ4v) is 6.39. The molecule has 40 heavy (non-hydrogen) atoms. The van der Waals surface area contributed by atoms with Crippen LogP contribution in [0.15, 0.2) is 54.5 Å². The van der Waals surface area contributed by atoms with Gasteiger partial charge in [0.2, 0.25) is 15.9 Å². The lowest BCUT2D eigenvalue weighted by Gasteiger charge is -2.19. The molecule has 0 atom stereocenters. The Kier molecular flexibility index (Phi) is 21.4. The summed E-state index contributed by atoms with van der Waals surface area (Å²) in [6.45, 7) is 9.96.